The second-order valence-electron chi connectivity index (χ2n) is 6.71. The Hall–Kier alpha value is -1.06. The molecule has 0 atom stereocenters. The summed E-state index contributed by atoms with van der Waals surface area (Å²) in [4.78, 5) is 23.1. The predicted molar refractivity (Wildman–Crippen MR) is 91.1 cm³/mol. The Labute approximate surface area is 141 Å². The lowest BCUT2D eigenvalue weighted by Gasteiger charge is -2.20. The molecule has 1 rings (SSSR count). The summed E-state index contributed by atoms with van der Waals surface area (Å²) in [6, 6.07) is 0. The van der Waals surface area contributed by atoms with Gasteiger partial charge in [0.15, 0.2) is 0 Å². The third-order valence-corrected chi connectivity index (χ3v) is 4.57. The Morgan fingerprint density at radius 3 is 2.00 bits per heavy atom. The molecule has 23 heavy (non-hydrogen) atoms. The van der Waals surface area contributed by atoms with E-state index < -0.39 is 11.9 Å². The van der Waals surface area contributed by atoms with Gasteiger partial charge in [-0.1, -0.05) is 71.1 Å². The highest BCUT2D eigenvalue weighted by Gasteiger charge is 2.20. The van der Waals surface area contributed by atoms with Crippen LogP contribution in [0.3, 0.4) is 0 Å². The van der Waals surface area contributed by atoms with E-state index in [2.05, 4.69) is 6.92 Å². The van der Waals surface area contributed by atoms with Gasteiger partial charge < -0.3 is 9.47 Å². The van der Waals surface area contributed by atoms with E-state index in [4.69, 9.17) is 9.47 Å². The smallest absolute Gasteiger partial charge is 0.417 e. The predicted octanol–water partition coefficient (Wildman–Crippen LogP) is 4.79. The number of carbonyl (C=O) groups is 2. The quantitative estimate of drug-likeness (QED) is 0.311. The van der Waals surface area contributed by atoms with Crippen LogP contribution in [0.15, 0.2) is 0 Å². The highest BCUT2D eigenvalue weighted by Crippen LogP contribution is 2.23. The van der Waals surface area contributed by atoms with Crippen molar-refractivity contribution < 1.29 is 19.1 Å². The number of unbranched alkanes of at least 4 members (excludes halogenated alkanes) is 7. The van der Waals surface area contributed by atoms with E-state index in [1.807, 2.05) is 0 Å². The standard InChI is InChI=1S/C19H34O4/c1-2-3-4-5-6-7-8-12-15-22-18(20)19(21)23-16-17-13-10-9-11-14-17/h17H,2-16H2,1H3. The first-order valence-corrected chi connectivity index (χ1v) is 9.58. The van der Waals surface area contributed by atoms with Gasteiger partial charge in [0.25, 0.3) is 0 Å². The lowest BCUT2D eigenvalue weighted by atomic mass is 9.90. The summed E-state index contributed by atoms with van der Waals surface area (Å²) < 4.78 is 10.0. The molecule has 4 nitrogen and oxygen atoms in total. The van der Waals surface area contributed by atoms with Crippen molar-refractivity contribution in [2.45, 2.75) is 90.4 Å². The summed E-state index contributed by atoms with van der Waals surface area (Å²) >= 11 is 0. The van der Waals surface area contributed by atoms with E-state index in [0.717, 1.165) is 25.7 Å². The topological polar surface area (TPSA) is 52.6 Å². The van der Waals surface area contributed by atoms with Crippen LogP contribution >= 0.6 is 0 Å². The molecule has 0 aromatic carbocycles. The maximum atomic E-state index is 11.6. The maximum absolute atomic E-state index is 11.6. The van der Waals surface area contributed by atoms with Crippen LogP contribution in [0.5, 0.6) is 0 Å². The van der Waals surface area contributed by atoms with Gasteiger partial charge >= 0.3 is 11.9 Å². The van der Waals surface area contributed by atoms with Gasteiger partial charge in [-0.3, -0.25) is 0 Å². The molecule has 1 aliphatic carbocycles. The van der Waals surface area contributed by atoms with Gasteiger partial charge in [0.05, 0.1) is 13.2 Å². The highest BCUT2D eigenvalue weighted by molar-refractivity contribution is 6.29. The summed E-state index contributed by atoms with van der Waals surface area (Å²) in [7, 11) is 0. The van der Waals surface area contributed by atoms with E-state index in [1.165, 1.54) is 57.8 Å². The molecule has 0 amide bonds. The van der Waals surface area contributed by atoms with Crippen molar-refractivity contribution in [2.24, 2.45) is 5.92 Å². The van der Waals surface area contributed by atoms with Crippen molar-refractivity contribution in [3.63, 3.8) is 0 Å². The van der Waals surface area contributed by atoms with Crippen molar-refractivity contribution in [1.29, 1.82) is 0 Å². The zero-order chi connectivity index (χ0) is 16.8. The fraction of sp³-hybridized carbons (Fsp3) is 0.895. The van der Waals surface area contributed by atoms with Crippen LogP contribution in [0.2, 0.25) is 0 Å². The molecule has 0 heterocycles. The largest absolute Gasteiger partial charge is 0.457 e. The molecule has 0 aliphatic heterocycles. The fourth-order valence-corrected chi connectivity index (χ4v) is 3.07. The summed E-state index contributed by atoms with van der Waals surface area (Å²) in [6.45, 7) is 2.91. The van der Waals surface area contributed by atoms with Gasteiger partial charge in [0.2, 0.25) is 0 Å². The van der Waals surface area contributed by atoms with Crippen LogP contribution in [0.25, 0.3) is 0 Å². The molecular weight excluding hydrogens is 292 g/mol. The molecule has 4 heteroatoms. The summed E-state index contributed by atoms with van der Waals surface area (Å²) in [5.74, 6) is -1.23. The number of hydrogen-bond acceptors (Lipinski definition) is 4. The molecule has 0 unspecified atom stereocenters. The molecule has 0 saturated heterocycles. The van der Waals surface area contributed by atoms with E-state index in [-0.39, 0.29) is 0 Å². The van der Waals surface area contributed by atoms with Gasteiger partial charge in [0, 0.05) is 0 Å². The maximum Gasteiger partial charge on any atom is 0.417 e. The van der Waals surface area contributed by atoms with Crippen LogP contribution in [0.4, 0.5) is 0 Å². The van der Waals surface area contributed by atoms with Gasteiger partial charge in [-0.05, 0) is 25.2 Å². The molecule has 0 N–H and O–H groups in total. The van der Waals surface area contributed by atoms with E-state index >= 15 is 0 Å². The lowest BCUT2D eigenvalue weighted by molar-refractivity contribution is -0.168. The van der Waals surface area contributed by atoms with Crippen LogP contribution in [0, 0.1) is 5.92 Å². The Balaban J connectivity index is 1.93. The molecule has 0 spiro atoms. The minimum Gasteiger partial charge on any atom is -0.457 e. The summed E-state index contributed by atoms with van der Waals surface area (Å²) in [5, 5.41) is 0. The second-order valence-corrected chi connectivity index (χ2v) is 6.71. The minimum atomic E-state index is -0.830. The average Bonchev–Trinajstić information content (AvgIpc) is 2.59. The highest BCUT2D eigenvalue weighted by atomic mass is 16.6. The zero-order valence-corrected chi connectivity index (χ0v) is 14.8. The molecule has 1 saturated carbocycles. The first-order valence-electron chi connectivity index (χ1n) is 9.58. The van der Waals surface area contributed by atoms with Gasteiger partial charge in [-0.15, -0.1) is 0 Å². The Kier molecular flexibility index (Phi) is 11.6. The number of carbonyl (C=O) groups excluding carboxylic acids is 2. The number of ether oxygens (including phenoxy) is 2. The molecule has 0 radical (unpaired) electrons. The molecular formula is C19H34O4. The third-order valence-electron chi connectivity index (χ3n) is 4.57. The van der Waals surface area contributed by atoms with E-state index in [1.54, 1.807) is 0 Å². The lowest BCUT2D eigenvalue weighted by Crippen LogP contribution is -2.24. The molecule has 0 aromatic heterocycles. The first-order chi connectivity index (χ1) is 11.2. The fourth-order valence-electron chi connectivity index (χ4n) is 3.07. The number of hydrogen-bond donors (Lipinski definition) is 0. The van der Waals surface area contributed by atoms with Gasteiger partial charge in [-0.25, -0.2) is 9.59 Å². The molecule has 1 fully saturated rings. The zero-order valence-electron chi connectivity index (χ0n) is 14.8. The molecule has 134 valence electrons. The van der Waals surface area contributed by atoms with Crippen LogP contribution in [-0.2, 0) is 19.1 Å². The molecule has 0 bridgehead atoms. The van der Waals surface area contributed by atoms with Crippen molar-refractivity contribution in [3.05, 3.63) is 0 Å². The average molecular weight is 326 g/mol. The van der Waals surface area contributed by atoms with Crippen LogP contribution in [-0.4, -0.2) is 25.2 Å². The van der Waals surface area contributed by atoms with Gasteiger partial charge in [0.1, 0.15) is 0 Å². The van der Waals surface area contributed by atoms with Crippen molar-refractivity contribution >= 4 is 11.9 Å². The first kappa shape index (κ1) is 20.0. The Morgan fingerprint density at radius 1 is 0.783 bits per heavy atom. The van der Waals surface area contributed by atoms with E-state index in [9.17, 15) is 9.59 Å². The monoisotopic (exact) mass is 326 g/mol. The normalized spacial score (nSPS) is 15.3. The summed E-state index contributed by atoms with van der Waals surface area (Å²) in [6.07, 6.45) is 15.4. The molecule has 0 aromatic rings. The SMILES string of the molecule is CCCCCCCCCCOC(=O)C(=O)OCC1CCCCC1. The van der Waals surface area contributed by atoms with Crippen molar-refractivity contribution in [1.82, 2.24) is 0 Å². The van der Waals surface area contributed by atoms with Gasteiger partial charge in [-0.2, -0.15) is 0 Å². The van der Waals surface area contributed by atoms with Crippen LogP contribution < -0.4 is 0 Å². The Morgan fingerprint density at radius 2 is 1.35 bits per heavy atom. The summed E-state index contributed by atoms with van der Waals surface area (Å²) in [5.41, 5.74) is 0. The van der Waals surface area contributed by atoms with Crippen molar-refractivity contribution in [2.75, 3.05) is 13.2 Å². The minimum absolute atomic E-state index is 0.326. The van der Waals surface area contributed by atoms with E-state index in [0.29, 0.717) is 19.1 Å². The van der Waals surface area contributed by atoms with Crippen molar-refractivity contribution in [3.8, 4) is 0 Å². The van der Waals surface area contributed by atoms with Crippen LogP contribution in [0.1, 0.15) is 90.4 Å². The second kappa shape index (κ2) is 13.4. The number of esters is 2. The number of rotatable bonds is 11. The Bertz CT molecular complexity index is 321. The molecule has 1 aliphatic rings. The third kappa shape index (κ3) is 10.4.